The van der Waals surface area contributed by atoms with Crippen molar-refractivity contribution in [1.82, 2.24) is 20.6 Å². The van der Waals surface area contributed by atoms with Crippen LogP contribution in [-0.4, -0.2) is 42.3 Å². The Balaban J connectivity index is 1.83. The number of tetrazole rings is 1. The zero-order chi connectivity index (χ0) is 20.6. The molecule has 0 aliphatic rings. The van der Waals surface area contributed by atoms with Gasteiger partial charge >= 0.3 is 0 Å². The first-order valence-corrected chi connectivity index (χ1v) is 9.07. The first kappa shape index (κ1) is 20.1. The summed E-state index contributed by atoms with van der Waals surface area (Å²) >= 11 is 0. The number of nitrogens with zero attached hydrogens (tertiary/aromatic N) is 4. The summed E-state index contributed by atoms with van der Waals surface area (Å²) in [6.07, 6.45) is 0.288. The van der Waals surface area contributed by atoms with Gasteiger partial charge in [-0.2, -0.15) is 5.21 Å². The first-order valence-electron chi connectivity index (χ1n) is 9.07. The molecule has 0 unspecified atom stereocenters. The van der Waals surface area contributed by atoms with Crippen molar-refractivity contribution in [3.8, 4) is 17.2 Å². The van der Waals surface area contributed by atoms with Gasteiger partial charge in [-0.25, -0.2) is 0 Å². The molecule has 1 N–H and O–H groups in total. The molecule has 1 atom stereocenters. The number of carbonyl (C=O) groups is 1. The number of hydrogen-bond donors (Lipinski definition) is 1. The third-order valence-corrected chi connectivity index (χ3v) is 4.31. The maximum atomic E-state index is 13.0. The molecule has 3 rings (SSSR count). The summed E-state index contributed by atoms with van der Waals surface area (Å²) in [5, 5.41) is 17.7. The van der Waals surface area contributed by atoms with Crippen LogP contribution in [-0.2, 0) is 11.2 Å². The van der Waals surface area contributed by atoms with Gasteiger partial charge in [0.15, 0.2) is 0 Å². The highest BCUT2D eigenvalue weighted by Gasteiger charge is 2.23. The third-order valence-electron chi connectivity index (χ3n) is 4.31. The lowest BCUT2D eigenvalue weighted by Crippen LogP contribution is -2.24. The van der Waals surface area contributed by atoms with Gasteiger partial charge in [0.05, 0.1) is 26.7 Å². The molecule has 1 aromatic heterocycles. The van der Waals surface area contributed by atoms with Crippen LogP contribution >= 0.6 is 0 Å². The van der Waals surface area contributed by atoms with Gasteiger partial charge < -0.3 is 24.6 Å². The number of methoxy groups -OCH3 is 2. The van der Waals surface area contributed by atoms with Gasteiger partial charge in [-0.1, -0.05) is 0 Å². The minimum absolute atomic E-state index is 0.235. The Morgan fingerprint density at radius 2 is 1.86 bits per heavy atom. The lowest BCUT2D eigenvalue weighted by Gasteiger charge is -2.19. The van der Waals surface area contributed by atoms with E-state index in [4.69, 9.17) is 14.2 Å². The van der Waals surface area contributed by atoms with Crippen molar-refractivity contribution < 1.29 is 19.0 Å². The molecular formula is C20H22N5O4-. The van der Waals surface area contributed by atoms with Crippen LogP contribution in [0.3, 0.4) is 0 Å². The second-order valence-electron chi connectivity index (χ2n) is 6.12. The van der Waals surface area contributed by atoms with Crippen molar-refractivity contribution in [2.24, 2.45) is 0 Å². The molecule has 2 aromatic carbocycles. The van der Waals surface area contributed by atoms with Crippen LogP contribution < -0.4 is 24.6 Å². The van der Waals surface area contributed by atoms with Crippen molar-refractivity contribution >= 4 is 11.6 Å². The summed E-state index contributed by atoms with van der Waals surface area (Å²) in [6.45, 7) is 2.49. The minimum Gasteiger partial charge on any atom is -0.497 e. The number of anilines is 1. The average Bonchev–Trinajstić information content (AvgIpc) is 3.27. The molecule has 0 aliphatic carbocycles. The topological polar surface area (TPSA) is 110 Å². The second-order valence-corrected chi connectivity index (χ2v) is 6.12. The van der Waals surface area contributed by atoms with Gasteiger partial charge in [-0.05, 0) is 61.4 Å². The molecule has 29 heavy (non-hydrogen) atoms. The van der Waals surface area contributed by atoms with E-state index in [9.17, 15) is 4.79 Å². The van der Waals surface area contributed by atoms with E-state index < -0.39 is 5.92 Å². The molecule has 9 nitrogen and oxygen atoms in total. The number of ether oxygens (including phenoxy) is 3. The molecule has 1 amide bonds. The van der Waals surface area contributed by atoms with Crippen LogP contribution in [0.1, 0.15) is 24.2 Å². The van der Waals surface area contributed by atoms with E-state index in [1.54, 1.807) is 50.6 Å². The molecule has 1 heterocycles. The van der Waals surface area contributed by atoms with E-state index >= 15 is 0 Å². The van der Waals surface area contributed by atoms with Gasteiger partial charge in [0.1, 0.15) is 17.2 Å². The van der Waals surface area contributed by atoms with Crippen LogP contribution in [0, 0.1) is 0 Å². The maximum absolute atomic E-state index is 13.0. The zero-order valence-electron chi connectivity index (χ0n) is 16.5. The van der Waals surface area contributed by atoms with Gasteiger partial charge in [-0.15, -0.1) is 0 Å². The summed E-state index contributed by atoms with van der Waals surface area (Å²) in [5.74, 6) is 1.27. The molecule has 0 aliphatic heterocycles. The van der Waals surface area contributed by atoms with Crippen LogP contribution in [0.25, 0.3) is 0 Å². The maximum Gasteiger partial charge on any atom is 0.232 e. The Morgan fingerprint density at radius 3 is 2.48 bits per heavy atom. The van der Waals surface area contributed by atoms with E-state index in [-0.39, 0.29) is 18.2 Å². The van der Waals surface area contributed by atoms with E-state index in [0.29, 0.717) is 23.8 Å². The first-order chi connectivity index (χ1) is 14.1. The van der Waals surface area contributed by atoms with E-state index in [1.807, 2.05) is 13.0 Å². The number of carbonyl (C=O) groups excluding carboxylic acids is 1. The fraction of sp³-hybridized carbons (Fsp3) is 0.300. The van der Waals surface area contributed by atoms with Crippen molar-refractivity contribution in [1.29, 1.82) is 0 Å². The minimum atomic E-state index is -0.711. The smallest absolute Gasteiger partial charge is 0.232 e. The van der Waals surface area contributed by atoms with Crippen LogP contribution in [0.5, 0.6) is 17.2 Å². The molecule has 0 radical (unpaired) electrons. The van der Waals surface area contributed by atoms with E-state index in [0.717, 1.165) is 11.3 Å². The summed E-state index contributed by atoms with van der Waals surface area (Å²) < 4.78 is 16.1. The molecule has 0 saturated carbocycles. The second kappa shape index (κ2) is 9.54. The highest BCUT2D eigenvalue weighted by Crippen LogP contribution is 2.29. The molecule has 0 saturated heterocycles. The summed E-state index contributed by atoms with van der Waals surface area (Å²) in [6, 6.07) is 12.5. The molecule has 0 spiro atoms. The Labute approximate surface area is 168 Å². The Kier molecular flexibility index (Phi) is 6.62. The fourth-order valence-electron chi connectivity index (χ4n) is 2.88. The monoisotopic (exact) mass is 396 g/mol. The standard InChI is InChI=1S/C20H23N5O4/c1-4-29-15-7-5-14(6-8-15)21-20(26)17(19-22-24-25-23-19)12-13-11-16(27-2)9-10-18(13)28-3/h5-11,17H,4,12H2,1-3H3,(H2,21,22,23,24,25,26)/p-1/t17-/m0/s1. The fourth-order valence-corrected chi connectivity index (χ4v) is 2.88. The van der Waals surface area contributed by atoms with Crippen LogP contribution in [0.15, 0.2) is 42.5 Å². The number of benzene rings is 2. The Bertz CT molecular complexity index is 929. The Hall–Kier alpha value is -3.62. The van der Waals surface area contributed by atoms with E-state index in [2.05, 4.69) is 25.9 Å². The third kappa shape index (κ3) is 5.01. The van der Waals surface area contributed by atoms with Crippen LogP contribution in [0.4, 0.5) is 5.69 Å². The lowest BCUT2D eigenvalue weighted by atomic mass is 9.96. The van der Waals surface area contributed by atoms with Crippen molar-refractivity contribution in [2.45, 2.75) is 19.3 Å². The van der Waals surface area contributed by atoms with E-state index in [1.165, 1.54) is 0 Å². The summed E-state index contributed by atoms with van der Waals surface area (Å²) in [5.41, 5.74) is 1.41. The van der Waals surface area contributed by atoms with Gasteiger partial charge in [-0.3, -0.25) is 15.1 Å². The number of amides is 1. The largest absolute Gasteiger partial charge is 0.497 e. The number of nitrogens with one attached hydrogen (secondary N) is 1. The molecule has 0 fully saturated rings. The lowest BCUT2D eigenvalue weighted by molar-refractivity contribution is -0.117. The highest BCUT2D eigenvalue weighted by molar-refractivity contribution is 5.95. The van der Waals surface area contributed by atoms with Gasteiger partial charge in [0.2, 0.25) is 5.91 Å². The molecule has 152 valence electrons. The highest BCUT2D eigenvalue weighted by atomic mass is 16.5. The average molecular weight is 396 g/mol. The van der Waals surface area contributed by atoms with Crippen molar-refractivity contribution in [3.05, 3.63) is 53.9 Å². The molecule has 3 aromatic rings. The summed E-state index contributed by atoms with van der Waals surface area (Å²) in [4.78, 5) is 13.0. The molecule has 9 heteroatoms. The van der Waals surface area contributed by atoms with Crippen molar-refractivity contribution in [3.63, 3.8) is 0 Å². The zero-order valence-corrected chi connectivity index (χ0v) is 16.5. The van der Waals surface area contributed by atoms with Gasteiger partial charge in [0.25, 0.3) is 0 Å². The normalized spacial score (nSPS) is 11.6. The number of rotatable bonds is 9. The molecular weight excluding hydrogens is 374 g/mol. The quantitative estimate of drug-likeness (QED) is 0.586. The van der Waals surface area contributed by atoms with Crippen LogP contribution in [0.2, 0.25) is 0 Å². The summed E-state index contributed by atoms with van der Waals surface area (Å²) in [7, 11) is 3.15. The predicted octanol–water partition coefficient (Wildman–Crippen LogP) is 2.21. The molecule has 0 bridgehead atoms. The van der Waals surface area contributed by atoms with Crippen molar-refractivity contribution in [2.75, 3.05) is 26.1 Å². The SMILES string of the molecule is CCOc1ccc(NC(=O)[C@@H](Cc2cc(OC)ccc2OC)c2nnn[n-]2)cc1. The predicted molar refractivity (Wildman–Crippen MR) is 105 cm³/mol. The van der Waals surface area contributed by atoms with Gasteiger partial charge in [0, 0.05) is 11.5 Å². The Morgan fingerprint density at radius 1 is 1.10 bits per heavy atom. The number of hydrogen-bond acceptors (Lipinski definition) is 7. The number of aromatic nitrogens is 4.